The molecule has 0 fully saturated rings. The Labute approximate surface area is 138 Å². The average Bonchev–Trinajstić information content (AvgIpc) is 2.43. The fourth-order valence-corrected chi connectivity index (χ4v) is 2.48. The summed E-state index contributed by atoms with van der Waals surface area (Å²) in [6.45, 7) is 0.344. The lowest BCUT2D eigenvalue weighted by Crippen LogP contribution is -2.12. The second kappa shape index (κ2) is 6.98. The first-order valence-corrected chi connectivity index (χ1v) is 7.21. The van der Waals surface area contributed by atoms with E-state index in [-0.39, 0.29) is 4.99 Å². The highest BCUT2D eigenvalue weighted by Gasteiger charge is 2.08. The Morgan fingerprint density at radius 1 is 1.14 bits per heavy atom. The number of thiocarbonyl (C=S) groups is 1. The first kappa shape index (κ1) is 15.9. The molecule has 2 aromatic carbocycles. The van der Waals surface area contributed by atoms with Gasteiger partial charge in [-0.05, 0) is 35.9 Å². The molecule has 0 unspecified atom stereocenters. The predicted molar refractivity (Wildman–Crippen MR) is 89.7 cm³/mol. The van der Waals surface area contributed by atoms with Crippen LogP contribution < -0.4 is 15.2 Å². The number of methoxy groups -OCH3 is 1. The Hall–Kier alpha value is -1.49. The normalized spacial score (nSPS) is 10.2. The van der Waals surface area contributed by atoms with E-state index in [0.717, 1.165) is 5.56 Å². The van der Waals surface area contributed by atoms with Gasteiger partial charge in [0, 0.05) is 10.0 Å². The second-order valence-electron chi connectivity index (χ2n) is 4.29. The van der Waals surface area contributed by atoms with Crippen LogP contribution in [0, 0.1) is 0 Å². The summed E-state index contributed by atoms with van der Waals surface area (Å²) in [4.78, 5) is 0.277. The summed E-state index contributed by atoms with van der Waals surface area (Å²) in [6.07, 6.45) is 0. The standard InChI is InChI=1S/C15H13Cl2NO2S/c1-19-14-3-2-9(4-13(14)15(18)21)8-20-12-6-10(16)5-11(17)7-12/h2-7H,8H2,1H3,(H2,18,21). The smallest absolute Gasteiger partial charge is 0.129 e. The van der Waals surface area contributed by atoms with Crippen LogP contribution in [0.1, 0.15) is 11.1 Å². The molecule has 0 aliphatic heterocycles. The zero-order valence-corrected chi connectivity index (χ0v) is 13.6. The number of hydrogen-bond acceptors (Lipinski definition) is 3. The van der Waals surface area contributed by atoms with Gasteiger partial charge in [-0.1, -0.05) is 41.5 Å². The van der Waals surface area contributed by atoms with E-state index in [2.05, 4.69) is 0 Å². The number of rotatable bonds is 5. The molecule has 21 heavy (non-hydrogen) atoms. The quantitative estimate of drug-likeness (QED) is 0.827. The largest absolute Gasteiger partial charge is 0.496 e. The molecule has 0 aromatic heterocycles. The van der Waals surface area contributed by atoms with Crippen molar-refractivity contribution >= 4 is 40.4 Å². The predicted octanol–water partition coefficient (Wildman–Crippen LogP) is 4.22. The molecule has 0 aliphatic rings. The summed E-state index contributed by atoms with van der Waals surface area (Å²) in [7, 11) is 1.57. The van der Waals surface area contributed by atoms with Crippen molar-refractivity contribution in [2.24, 2.45) is 5.73 Å². The molecule has 2 N–H and O–H groups in total. The maximum Gasteiger partial charge on any atom is 0.129 e. The van der Waals surface area contributed by atoms with Crippen LogP contribution in [0.3, 0.4) is 0 Å². The molecule has 0 radical (unpaired) electrons. The van der Waals surface area contributed by atoms with Gasteiger partial charge in [-0.3, -0.25) is 0 Å². The van der Waals surface area contributed by atoms with Gasteiger partial charge < -0.3 is 15.2 Å². The third kappa shape index (κ3) is 4.24. The van der Waals surface area contributed by atoms with E-state index in [9.17, 15) is 0 Å². The molecule has 0 bridgehead atoms. The molecule has 0 amide bonds. The summed E-state index contributed by atoms with van der Waals surface area (Å²) < 4.78 is 10.9. The van der Waals surface area contributed by atoms with E-state index >= 15 is 0 Å². The van der Waals surface area contributed by atoms with Crippen LogP contribution in [0.2, 0.25) is 10.0 Å². The lowest BCUT2D eigenvalue weighted by Gasteiger charge is -2.11. The lowest BCUT2D eigenvalue weighted by atomic mass is 10.1. The topological polar surface area (TPSA) is 44.5 Å². The van der Waals surface area contributed by atoms with Gasteiger partial charge in [0.1, 0.15) is 23.1 Å². The van der Waals surface area contributed by atoms with Crippen molar-refractivity contribution in [1.29, 1.82) is 0 Å². The molecule has 6 heteroatoms. The van der Waals surface area contributed by atoms with Crippen molar-refractivity contribution in [2.75, 3.05) is 7.11 Å². The average molecular weight is 342 g/mol. The molecule has 110 valence electrons. The Balaban J connectivity index is 2.16. The van der Waals surface area contributed by atoms with Gasteiger partial charge in [0.15, 0.2) is 0 Å². The van der Waals surface area contributed by atoms with Gasteiger partial charge in [-0.15, -0.1) is 0 Å². The van der Waals surface area contributed by atoms with Crippen LogP contribution in [0.4, 0.5) is 0 Å². The van der Waals surface area contributed by atoms with Crippen molar-refractivity contribution in [1.82, 2.24) is 0 Å². The van der Waals surface area contributed by atoms with Crippen molar-refractivity contribution in [3.63, 3.8) is 0 Å². The van der Waals surface area contributed by atoms with Crippen LogP contribution >= 0.6 is 35.4 Å². The monoisotopic (exact) mass is 341 g/mol. The first-order valence-electron chi connectivity index (χ1n) is 6.05. The van der Waals surface area contributed by atoms with E-state index in [1.54, 1.807) is 31.4 Å². The highest BCUT2D eigenvalue weighted by Crippen LogP contribution is 2.25. The van der Waals surface area contributed by atoms with Gasteiger partial charge in [-0.2, -0.15) is 0 Å². The highest BCUT2D eigenvalue weighted by atomic mass is 35.5. The Kier molecular flexibility index (Phi) is 5.28. The van der Waals surface area contributed by atoms with Gasteiger partial charge in [0.25, 0.3) is 0 Å². The highest BCUT2D eigenvalue weighted by molar-refractivity contribution is 7.80. The van der Waals surface area contributed by atoms with Gasteiger partial charge in [-0.25, -0.2) is 0 Å². The number of nitrogens with two attached hydrogens (primary N) is 1. The SMILES string of the molecule is COc1ccc(COc2cc(Cl)cc(Cl)c2)cc1C(N)=S. The molecule has 3 nitrogen and oxygen atoms in total. The lowest BCUT2D eigenvalue weighted by molar-refractivity contribution is 0.306. The van der Waals surface area contributed by atoms with Crippen LogP contribution in [-0.4, -0.2) is 12.1 Å². The first-order chi connectivity index (χ1) is 9.99. The van der Waals surface area contributed by atoms with E-state index in [0.29, 0.717) is 33.7 Å². The molecule has 0 heterocycles. The number of hydrogen-bond donors (Lipinski definition) is 1. The molecule has 0 atom stereocenters. The molecule has 2 aromatic rings. The summed E-state index contributed by atoms with van der Waals surface area (Å²) in [5, 5.41) is 1.05. The van der Waals surface area contributed by atoms with Crippen LogP contribution in [0.5, 0.6) is 11.5 Å². The van der Waals surface area contributed by atoms with Crippen molar-refractivity contribution in [3.05, 3.63) is 57.6 Å². The van der Waals surface area contributed by atoms with E-state index in [1.165, 1.54) is 0 Å². The third-order valence-electron chi connectivity index (χ3n) is 2.77. The van der Waals surface area contributed by atoms with Crippen LogP contribution in [-0.2, 0) is 6.61 Å². The van der Waals surface area contributed by atoms with Gasteiger partial charge in [0.2, 0.25) is 0 Å². The fraction of sp³-hybridized carbons (Fsp3) is 0.133. The summed E-state index contributed by atoms with van der Waals surface area (Å²) >= 11 is 16.9. The Bertz CT molecular complexity index is 656. The molecule has 2 rings (SSSR count). The number of benzene rings is 2. The van der Waals surface area contributed by atoms with Crippen molar-refractivity contribution in [2.45, 2.75) is 6.61 Å². The Morgan fingerprint density at radius 3 is 2.38 bits per heavy atom. The van der Waals surface area contributed by atoms with E-state index in [1.807, 2.05) is 12.1 Å². The summed E-state index contributed by atoms with van der Waals surface area (Å²) in [5.74, 6) is 1.23. The zero-order valence-electron chi connectivity index (χ0n) is 11.2. The van der Waals surface area contributed by atoms with Crippen LogP contribution in [0.25, 0.3) is 0 Å². The Morgan fingerprint density at radius 2 is 1.81 bits per heavy atom. The van der Waals surface area contributed by atoms with Gasteiger partial charge >= 0.3 is 0 Å². The van der Waals surface area contributed by atoms with E-state index < -0.39 is 0 Å². The molecule has 0 saturated heterocycles. The summed E-state index contributed by atoms with van der Waals surface area (Å²) in [5.41, 5.74) is 7.27. The minimum absolute atomic E-state index is 0.277. The third-order valence-corrected chi connectivity index (χ3v) is 3.43. The van der Waals surface area contributed by atoms with Crippen LogP contribution in [0.15, 0.2) is 36.4 Å². The van der Waals surface area contributed by atoms with Crippen molar-refractivity contribution in [3.8, 4) is 11.5 Å². The minimum atomic E-state index is 0.277. The number of ether oxygens (including phenoxy) is 2. The molecule has 0 spiro atoms. The molecule has 0 aliphatic carbocycles. The second-order valence-corrected chi connectivity index (χ2v) is 5.61. The zero-order chi connectivity index (χ0) is 15.4. The van der Waals surface area contributed by atoms with Gasteiger partial charge in [0.05, 0.1) is 12.7 Å². The summed E-state index contributed by atoms with van der Waals surface area (Å²) in [6, 6.07) is 10.6. The minimum Gasteiger partial charge on any atom is -0.496 e. The molecular formula is C15H13Cl2NO2S. The fourth-order valence-electron chi connectivity index (χ4n) is 1.82. The van der Waals surface area contributed by atoms with Crippen molar-refractivity contribution < 1.29 is 9.47 Å². The maximum absolute atomic E-state index is 5.92. The molecule has 0 saturated carbocycles. The van der Waals surface area contributed by atoms with E-state index in [4.69, 9.17) is 50.6 Å². The molecular weight excluding hydrogens is 329 g/mol. The maximum atomic E-state index is 5.92. The number of halogens is 2.